The maximum atomic E-state index is 2.40. The van der Waals surface area contributed by atoms with Crippen LogP contribution in [0.4, 0.5) is 0 Å². The van der Waals surface area contributed by atoms with Crippen molar-refractivity contribution >= 4 is 23.5 Å². The van der Waals surface area contributed by atoms with Crippen molar-refractivity contribution in [2.24, 2.45) is 5.41 Å². The SMILES string of the molecule is CC(C)(C)C1(C)SCc2ccccc2CS1. The topological polar surface area (TPSA) is 0 Å². The fourth-order valence-electron chi connectivity index (χ4n) is 1.74. The van der Waals surface area contributed by atoms with Crippen LogP contribution in [0, 0.1) is 5.41 Å². The van der Waals surface area contributed by atoms with Gasteiger partial charge in [-0.25, -0.2) is 0 Å². The summed E-state index contributed by atoms with van der Waals surface area (Å²) in [6, 6.07) is 8.86. The summed E-state index contributed by atoms with van der Waals surface area (Å²) in [6.07, 6.45) is 0. The third kappa shape index (κ3) is 2.28. The number of rotatable bonds is 0. The molecule has 0 fully saturated rings. The van der Waals surface area contributed by atoms with E-state index in [4.69, 9.17) is 0 Å². The number of hydrogen-bond acceptors (Lipinski definition) is 2. The van der Waals surface area contributed by atoms with E-state index in [0.717, 1.165) is 11.5 Å². The highest BCUT2D eigenvalue weighted by atomic mass is 32.2. The van der Waals surface area contributed by atoms with E-state index in [0.29, 0.717) is 9.49 Å². The molecule has 0 aromatic heterocycles. The zero-order valence-electron chi connectivity index (χ0n) is 10.5. The molecular weight excluding hydrogens is 232 g/mol. The van der Waals surface area contributed by atoms with Crippen LogP contribution >= 0.6 is 23.5 Å². The van der Waals surface area contributed by atoms with E-state index in [1.165, 1.54) is 11.1 Å². The Balaban J connectivity index is 2.25. The quantitative estimate of drug-likeness (QED) is 0.642. The van der Waals surface area contributed by atoms with Gasteiger partial charge in [-0.05, 0) is 23.5 Å². The fraction of sp³-hybridized carbons (Fsp3) is 0.571. The molecule has 0 amide bonds. The minimum absolute atomic E-state index is 0.312. The van der Waals surface area contributed by atoms with Gasteiger partial charge in [-0.1, -0.05) is 45.0 Å². The van der Waals surface area contributed by atoms with Crippen LogP contribution in [-0.4, -0.2) is 4.08 Å². The smallest absolute Gasteiger partial charge is 0.0637 e. The molecule has 0 nitrogen and oxygen atoms in total. The van der Waals surface area contributed by atoms with E-state index in [9.17, 15) is 0 Å². The Bertz CT molecular complexity index is 350. The summed E-state index contributed by atoms with van der Waals surface area (Å²) in [6.45, 7) is 9.45. The van der Waals surface area contributed by atoms with Crippen molar-refractivity contribution in [2.45, 2.75) is 43.3 Å². The van der Waals surface area contributed by atoms with Gasteiger partial charge in [0.05, 0.1) is 4.08 Å². The molecule has 1 aromatic carbocycles. The van der Waals surface area contributed by atoms with Crippen LogP contribution in [0.3, 0.4) is 0 Å². The third-order valence-corrected chi connectivity index (χ3v) is 7.43. The van der Waals surface area contributed by atoms with Crippen molar-refractivity contribution in [3.05, 3.63) is 35.4 Å². The molecule has 1 aromatic rings. The molecule has 0 unspecified atom stereocenters. The van der Waals surface area contributed by atoms with Crippen molar-refractivity contribution in [2.75, 3.05) is 0 Å². The number of benzene rings is 1. The van der Waals surface area contributed by atoms with E-state index < -0.39 is 0 Å². The van der Waals surface area contributed by atoms with Crippen molar-refractivity contribution in [3.63, 3.8) is 0 Å². The van der Waals surface area contributed by atoms with Gasteiger partial charge in [-0.15, -0.1) is 23.5 Å². The van der Waals surface area contributed by atoms with E-state index in [1.54, 1.807) is 0 Å². The Kier molecular flexibility index (Phi) is 3.33. The number of fused-ring (bicyclic) bond motifs is 1. The Labute approximate surface area is 108 Å². The molecule has 0 spiro atoms. The number of thioether (sulfide) groups is 2. The first-order valence-electron chi connectivity index (χ1n) is 5.77. The van der Waals surface area contributed by atoms with Crippen LogP contribution in [0.2, 0.25) is 0 Å². The van der Waals surface area contributed by atoms with Gasteiger partial charge < -0.3 is 0 Å². The highest BCUT2D eigenvalue weighted by Crippen LogP contribution is 2.54. The summed E-state index contributed by atoms with van der Waals surface area (Å²) in [7, 11) is 0. The predicted molar refractivity (Wildman–Crippen MR) is 76.9 cm³/mol. The van der Waals surface area contributed by atoms with Crippen LogP contribution in [0.15, 0.2) is 24.3 Å². The molecule has 0 atom stereocenters. The van der Waals surface area contributed by atoms with Gasteiger partial charge >= 0.3 is 0 Å². The van der Waals surface area contributed by atoms with Crippen LogP contribution in [-0.2, 0) is 11.5 Å². The largest absolute Gasteiger partial charge is 0.139 e. The zero-order valence-corrected chi connectivity index (χ0v) is 12.2. The van der Waals surface area contributed by atoms with Crippen molar-refractivity contribution in [3.8, 4) is 0 Å². The predicted octanol–water partition coefficient (Wildman–Crippen LogP) is 4.93. The second-order valence-corrected chi connectivity index (χ2v) is 8.59. The fourth-order valence-corrected chi connectivity index (χ4v) is 4.72. The molecule has 2 rings (SSSR count). The Morgan fingerprint density at radius 1 is 1.00 bits per heavy atom. The summed E-state index contributed by atoms with van der Waals surface area (Å²) < 4.78 is 0.312. The van der Waals surface area contributed by atoms with Gasteiger partial charge in [0, 0.05) is 11.5 Å². The van der Waals surface area contributed by atoms with Crippen LogP contribution in [0.25, 0.3) is 0 Å². The second-order valence-electron chi connectivity index (χ2n) is 5.54. The molecule has 0 radical (unpaired) electrons. The normalized spacial score (nSPS) is 20.0. The van der Waals surface area contributed by atoms with E-state index in [2.05, 4.69) is 75.5 Å². The highest BCUT2D eigenvalue weighted by Gasteiger charge is 2.39. The molecule has 0 N–H and O–H groups in total. The lowest BCUT2D eigenvalue weighted by Gasteiger charge is -2.40. The highest BCUT2D eigenvalue weighted by molar-refractivity contribution is 8.17. The molecule has 0 aliphatic carbocycles. The molecular formula is C14H20S2. The standard InChI is InChI=1S/C14H20S2/c1-13(2,3)14(4)15-9-11-7-5-6-8-12(11)10-16-14/h5-8H,9-10H2,1-4H3. The molecule has 0 bridgehead atoms. The minimum atomic E-state index is 0.312. The first-order chi connectivity index (χ1) is 7.42. The van der Waals surface area contributed by atoms with Crippen LogP contribution in [0.5, 0.6) is 0 Å². The lowest BCUT2D eigenvalue weighted by atomic mass is 9.92. The summed E-state index contributed by atoms with van der Waals surface area (Å²) in [5.41, 5.74) is 3.38. The maximum absolute atomic E-state index is 2.40. The molecule has 88 valence electrons. The minimum Gasteiger partial charge on any atom is -0.139 e. The molecule has 1 heterocycles. The first kappa shape index (κ1) is 12.4. The van der Waals surface area contributed by atoms with E-state index in [-0.39, 0.29) is 0 Å². The lowest BCUT2D eigenvalue weighted by Crippen LogP contribution is -2.32. The third-order valence-electron chi connectivity index (χ3n) is 3.49. The van der Waals surface area contributed by atoms with Crippen molar-refractivity contribution in [1.82, 2.24) is 0 Å². The Morgan fingerprint density at radius 3 is 1.81 bits per heavy atom. The Hall–Kier alpha value is -0.0800. The van der Waals surface area contributed by atoms with Gasteiger partial charge in [-0.3, -0.25) is 0 Å². The second kappa shape index (κ2) is 4.30. The average molecular weight is 252 g/mol. The Morgan fingerprint density at radius 2 is 1.44 bits per heavy atom. The van der Waals surface area contributed by atoms with Gasteiger partial charge in [0.15, 0.2) is 0 Å². The molecule has 1 aliphatic heterocycles. The first-order valence-corrected chi connectivity index (χ1v) is 7.74. The monoisotopic (exact) mass is 252 g/mol. The molecule has 1 aliphatic rings. The molecule has 2 heteroatoms. The van der Waals surface area contributed by atoms with Gasteiger partial charge in [-0.2, -0.15) is 0 Å². The van der Waals surface area contributed by atoms with Gasteiger partial charge in [0.1, 0.15) is 0 Å². The van der Waals surface area contributed by atoms with Crippen LogP contribution < -0.4 is 0 Å². The summed E-state index contributed by atoms with van der Waals surface area (Å²) in [5.74, 6) is 2.30. The van der Waals surface area contributed by atoms with Gasteiger partial charge in [0.2, 0.25) is 0 Å². The van der Waals surface area contributed by atoms with Crippen molar-refractivity contribution in [1.29, 1.82) is 0 Å². The van der Waals surface area contributed by atoms with E-state index >= 15 is 0 Å². The zero-order chi connectivity index (χ0) is 11.8. The van der Waals surface area contributed by atoms with Crippen LogP contribution in [0.1, 0.15) is 38.8 Å². The summed E-state index contributed by atoms with van der Waals surface area (Å²) >= 11 is 4.20. The lowest BCUT2D eigenvalue weighted by molar-refractivity contribution is 0.385. The molecule has 16 heavy (non-hydrogen) atoms. The molecule has 0 saturated heterocycles. The average Bonchev–Trinajstić information content (AvgIpc) is 2.39. The van der Waals surface area contributed by atoms with E-state index in [1.807, 2.05) is 0 Å². The van der Waals surface area contributed by atoms with Crippen molar-refractivity contribution < 1.29 is 0 Å². The molecule has 0 saturated carbocycles. The maximum Gasteiger partial charge on any atom is 0.0637 e. The summed E-state index contributed by atoms with van der Waals surface area (Å²) in [5, 5.41) is 0. The summed E-state index contributed by atoms with van der Waals surface area (Å²) in [4.78, 5) is 0. The van der Waals surface area contributed by atoms with Gasteiger partial charge in [0.25, 0.3) is 0 Å². The number of hydrogen-bond donors (Lipinski definition) is 0.